The molecule has 3 fully saturated rings. The number of rotatable bonds is 5. The molecule has 0 spiro atoms. The first-order chi connectivity index (χ1) is 14.0. The monoisotopic (exact) mass is 419 g/mol. The van der Waals surface area contributed by atoms with Gasteiger partial charge in [0.25, 0.3) is 0 Å². The van der Waals surface area contributed by atoms with Crippen molar-refractivity contribution in [1.82, 2.24) is 19.5 Å². The largest absolute Gasteiger partial charge is 0.369 e. The van der Waals surface area contributed by atoms with Crippen molar-refractivity contribution in [2.45, 2.75) is 38.1 Å². The van der Waals surface area contributed by atoms with Crippen LogP contribution in [0.1, 0.15) is 43.7 Å². The molecule has 0 radical (unpaired) electrons. The molecule has 0 bridgehead atoms. The van der Waals surface area contributed by atoms with Crippen LogP contribution in [0.5, 0.6) is 0 Å². The number of sulfonamides is 1. The second-order valence-corrected chi connectivity index (χ2v) is 10.8. The smallest absolute Gasteiger partial charge is 0.211 e. The Morgan fingerprint density at radius 2 is 1.83 bits per heavy atom. The molecule has 1 aromatic carbocycles. The second-order valence-electron chi connectivity index (χ2n) is 8.84. The third-order valence-corrected chi connectivity index (χ3v) is 7.93. The lowest BCUT2D eigenvalue weighted by molar-refractivity contribution is 0.247. The van der Waals surface area contributed by atoms with Gasteiger partial charge in [0.1, 0.15) is 5.52 Å². The van der Waals surface area contributed by atoms with E-state index in [1.54, 1.807) is 4.31 Å². The van der Waals surface area contributed by atoms with E-state index < -0.39 is 10.0 Å². The standard InChI is InChI=1S/C20H29N5O3S/c1-29(26,27)25-9-3-2-6-18(25)16-10-17-20(22-28-21-17)19(11-16)24-13-15(14-24)12-23-7-4-5-8-23/h10-11,15,18H,2-9,12-14H2,1H3. The highest BCUT2D eigenvalue weighted by Gasteiger charge is 2.34. The van der Waals surface area contributed by atoms with Crippen LogP contribution >= 0.6 is 0 Å². The lowest BCUT2D eigenvalue weighted by atomic mass is 9.94. The molecule has 0 N–H and O–H groups in total. The van der Waals surface area contributed by atoms with Crippen LogP contribution in [0.2, 0.25) is 0 Å². The molecule has 29 heavy (non-hydrogen) atoms. The predicted octanol–water partition coefficient (Wildman–Crippen LogP) is 2.24. The van der Waals surface area contributed by atoms with Gasteiger partial charge in [-0.05, 0) is 66.8 Å². The number of anilines is 1. The fourth-order valence-electron chi connectivity index (χ4n) is 5.17. The predicted molar refractivity (Wildman–Crippen MR) is 111 cm³/mol. The average Bonchev–Trinajstić information content (AvgIpc) is 3.34. The van der Waals surface area contributed by atoms with Crippen molar-refractivity contribution >= 4 is 26.7 Å². The summed E-state index contributed by atoms with van der Waals surface area (Å²) in [6.07, 6.45) is 6.72. The number of piperidine rings is 1. The quantitative estimate of drug-likeness (QED) is 0.735. The van der Waals surface area contributed by atoms with Crippen molar-refractivity contribution < 1.29 is 13.0 Å². The zero-order chi connectivity index (χ0) is 20.0. The van der Waals surface area contributed by atoms with Crippen molar-refractivity contribution in [3.05, 3.63) is 17.7 Å². The summed E-state index contributed by atoms with van der Waals surface area (Å²) in [5.74, 6) is 0.675. The molecule has 2 aromatic rings. The Morgan fingerprint density at radius 3 is 2.59 bits per heavy atom. The van der Waals surface area contributed by atoms with E-state index in [9.17, 15) is 8.42 Å². The van der Waals surface area contributed by atoms with Crippen LogP contribution in [0.3, 0.4) is 0 Å². The van der Waals surface area contributed by atoms with Crippen LogP contribution in [-0.2, 0) is 10.0 Å². The van der Waals surface area contributed by atoms with Gasteiger partial charge >= 0.3 is 0 Å². The molecular formula is C20H29N5O3S. The van der Waals surface area contributed by atoms with E-state index in [0.29, 0.717) is 18.0 Å². The van der Waals surface area contributed by atoms with Crippen LogP contribution in [-0.4, -0.2) is 73.5 Å². The van der Waals surface area contributed by atoms with Gasteiger partial charge in [0, 0.05) is 38.1 Å². The fraction of sp³-hybridized carbons (Fsp3) is 0.700. The van der Waals surface area contributed by atoms with Gasteiger partial charge in [-0.25, -0.2) is 13.0 Å². The van der Waals surface area contributed by atoms with Gasteiger partial charge in [-0.15, -0.1) is 0 Å². The summed E-state index contributed by atoms with van der Waals surface area (Å²) in [5.41, 5.74) is 3.50. The Kier molecular flexibility index (Phi) is 4.99. The molecule has 8 nitrogen and oxygen atoms in total. The first-order valence-corrected chi connectivity index (χ1v) is 12.5. The Bertz CT molecular complexity index is 979. The summed E-state index contributed by atoms with van der Waals surface area (Å²) in [7, 11) is -3.26. The molecule has 9 heteroatoms. The Labute approximate surface area is 171 Å². The van der Waals surface area contributed by atoms with Gasteiger partial charge in [-0.2, -0.15) is 4.31 Å². The minimum atomic E-state index is -3.26. The van der Waals surface area contributed by atoms with E-state index >= 15 is 0 Å². The lowest BCUT2D eigenvalue weighted by Gasteiger charge is -2.43. The topological polar surface area (TPSA) is 82.8 Å². The highest BCUT2D eigenvalue weighted by molar-refractivity contribution is 7.88. The number of hydrogen-bond acceptors (Lipinski definition) is 7. The third-order valence-electron chi connectivity index (χ3n) is 6.64. The summed E-state index contributed by atoms with van der Waals surface area (Å²) < 4.78 is 31.4. The third kappa shape index (κ3) is 3.75. The minimum absolute atomic E-state index is 0.139. The Morgan fingerprint density at radius 1 is 1.07 bits per heavy atom. The normalized spacial score (nSPS) is 25.0. The molecule has 3 aliphatic rings. The van der Waals surface area contributed by atoms with Gasteiger partial charge in [0.05, 0.1) is 11.9 Å². The maximum Gasteiger partial charge on any atom is 0.211 e. The van der Waals surface area contributed by atoms with Crippen LogP contribution in [0.25, 0.3) is 11.0 Å². The van der Waals surface area contributed by atoms with E-state index in [4.69, 9.17) is 4.63 Å². The molecule has 4 heterocycles. The number of hydrogen-bond donors (Lipinski definition) is 0. The summed E-state index contributed by atoms with van der Waals surface area (Å²) in [4.78, 5) is 4.90. The molecule has 5 rings (SSSR count). The lowest BCUT2D eigenvalue weighted by Crippen LogP contribution is -2.51. The van der Waals surface area contributed by atoms with Crippen molar-refractivity contribution in [1.29, 1.82) is 0 Å². The van der Waals surface area contributed by atoms with Gasteiger partial charge in [-0.3, -0.25) is 0 Å². The van der Waals surface area contributed by atoms with Gasteiger partial charge in [-0.1, -0.05) is 6.42 Å². The summed E-state index contributed by atoms with van der Waals surface area (Å²) >= 11 is 0. The second kappa shape index (κ2) is 7.52. The number of nitrogens with zero attached hydrogens (tertiary/aromatic N) is 5. The molecule has 0 amide bonds. The molecule has 3 aliphatic heterocycles. The van der Waals surface area contributed by atoms with Crippen molar-refractivity contribution in [2.24, 2.45) is 5.92 Å². The molecule has 1 unspecified atom stereocenters. The van der Waals surface area contributed by atoms with Crippen molar-refractivity contribution in [2.75, 3.05) is 50.4 Å². The average molecular weight is 420 g/mol. The maximum atomic E-state index is 12.3. The summed E-state index contributed by atoms with van der Waals surface area (Å²) in [6.45, 7) is 6.21. The van der Waals surface area contributed by atoms with Crippen LogP contribution in [0.4, 0.5) is 5.69 Å². The number of fused-ring (bicyclic) bond motifs is 1. The zero-order valence-electron chi connectivity index (χ0n) is 17.0. The molecule has 0 saturated carbocycles. The molecule has 3 saturated heterocycles. The van der Waals surface area contributed by atoms with E-state index in [2.05, 4.69) is 26.2 Å². The van der Waals surface area contributed by atoms with E-state index in [0.717, 1.165) is 49.1 Å². The first-order valence-electron chi connectivity index (χ1n) is 10.7. The molecule has 1 atom stereocenters. The molecule has 0 aliphatic carbocycles. The number of aromatic nitrogens is 2. The van der Waals surface area contributed by atoms with Crippen molar-refractivity contribution in [3.8, 4) is 0 Å². The van der Waals surface area contributed by atoms with E-state index in [1.807, 2.05) is 6.07 Å². The SMILES string of the molecule is CS(=O)(=O)N1CCCCC1c1cc(N2CC(CN3CCCC3)C2)c2nonc2c1. The molecule has 1 aromatic heterocycles. The van der Waals surface area contributed by atoms with Gasteiger partial charge in [0.15, 0.2) is 5.52 Å². The summed E-state index contributed by atoms with van der Waals surface area (Å²) in [6, 6.07) is 3.93. The van der Waals surface area contributed by atoms with Crippen LogP contribution in [0.15, 0.2) is 16.8 Å². The van der Waals surface area contributed by atoms with Gasteiger partial charge in [0.2, 0.25) is 10.0 Å². The van der Waals surface area contributed by atoms with E-state index in [-0.39, 0.29) is 6.04 Å². The summed E-state index contributed by atoms with van der Waals surface area (Å²) in [5, 5.41) is 8.21. The van der Waals surface area contributed by atoms with Crippen LogP contribution < -0.4 is 4.90 Å². The van der Waals surface area contributed by atoms with Gasteiger partial charge < -0.3 is 9.80 Å². The highest BCUT2D eigenvalue weighted by atomic mass is 32.2. The molecule has 158 valence electrons. The van der Waals surface area contributed by atoms with Crippen LogP contribution in [0, 0.1) is 5.92 Å². The van der Waals surface area contributed by atoms with Crippen molar-refractivity contribution in [3.63, 3.8) is 0 Å². The minimum Gasteiger partial charge on any atom is -0.369 e. The molecular weight excluding hydrogens is 390 g/mol. The Balaban J connectivity index is 1.40. The maximum absolute atomic E-state index is 12.3. The highest BCUT2D eigenvalue weighted by Crippen LogP contribution is 2.38. The first kappa shape index (κ1) is 19.3. The number of benzene rings is 1. The Hall–Kier alpha value is -1.71. The van der Waals surface area contributed by atoms with E-state index in [1.165, 1.54) is 38.7 Å². The number of likely N-dealkylation sites (tertiary alicyclic amines) is 1. The zero-order valence-corrected chi connectivity index (χ0v) is 17.8. The fourth-order valence-corrected chi connectivity index (χ4v) is 6.32.